The zero-order chi connectivity index (χ0) is 13.1. The van der Waals surface area contributed by atoms with Crippen LogP contribution in [-0.4, -0.2) is 18.8 Å². The molecule has 3 rings (SSSR count). The molecule has 100 valence electrons. The highest BCUT2D eigenvalue weighted by atomic mass is 35.5. The van der Waals surface area contributed by atoms with Crippen LogP contribution in [0.25, 0.3) is 0 Å². The summed E-state index contributed by atoms with van der Waals surface area (Å²) in [5.41, 5.74) is 1.51. The Bertz CT molecular complexity index is 553. The summed E-state index contributed by atoms with van der Waals surface area (Å²) < 4.78 is 0.885. The van der Waals surface area contributed by atoms with Crippen LogP contribution in [0.1, 0.15) is 16.4 Å². The monoisotopic (exact) mass is 309 g/mol. The molecule has 1 unspecified atom stereocenters. The Balaban J connectivity index is 1.46. The summed E-state index contributed by atoms with van der Waals surface area (Å²) in [5, 5.41) is 3.58. The molecule has 1 aromatic carbocycles. The van der Waals surface area contributed by atoms with E-state index in [2.05, 4.69) is 35.6 Å². The van der Waals surface area contributed by atoms with Crippen molar-refractivity contribution in [3.8, 4) is 0 Å². The lowest BCUT2D eigenvalue weighted by atomic mass is 10.0. The molecule has 1 aromatic heterocycles. The summed E-state index contributed by atoms with van der Waals surface area (Å²) >= 11 is 9.59. The zero-order valence-corrected chi connectivity index (χ0v) is 13.0. The number of hydrogen-bond acceptors (Lipinski definition) is 3. The van der Waals surface area contributed by atoms with Gasteiger partial charge in [0.1, 0.15) is 0 Å². The number of fused-ring (bicyclic) bond motifs is 1. The molecule has 0 bridgehead atoms. The van der Waals surface area contributed by atoms with Crippen molar-refractivity contribution in [3.05, 3.63) is 51.2 Å². The molecule has 1 aliphatic rings. The van der Waals surface area contributed by atoms with Crippen LogP contribution in [0.4, 0.5) is 0 Å². The summed E-state index contributed by atoms with van der Waals surface area (Å²) in [4.78, 5) is 2.82. The fourth-order valence-electron chi connectivity index (χ4n) is 2.37. The highest BCUT2D eigenvalue weighted by Crippen LogP contribution is 2.38. The zero-order valence-electron chi connectivity index (χ0n) is 10.6. The highest BCUT2D eigenvalue weighted by molar-refractivity contribution is 7.99. The van der Waals surface area contributed by atoms with E-state index in [-0.39, 0.29) is 0 Å². The van der Waals surface area contributed by atoms with Gasteiger partial charge in [-0.3, -0.25) is 0 Å². The van der Waals surface area contributed by atoms with E-state index < -0.39 is 0 Å². The molecule has 0 spiro atoms. The minimum absolute atomic E-state index is 0.660. The first-order chi connectivity index (χ1) is 9.33. The highest BCUT2D eigenvalue weighted by Gasteiger charge is 2.21. The second-order valence-corrected chi connectivity index (χ2v) is 7.57. The molecule has 1 N–H and O–H groups in total. The molecule has 2 heterocycles. The van der Waals surface area contributed by atoms with Crippen molar-refractivity contribution in [2.45, 2.75) is 17.2 Å². The molecule has 19 heavy (non-hydrogen) atoms. The molecule has 0 saturated carbocycles. The van der Waals surface area contributed by atoms with Crippen molar-refractivity contribution in [2.75, 3.05) is 18.8 Å². The van der Waals surface area contributed by atoms with Gasteiger partial charge in [-0.25, -0.2) is 0 Å². The van der Waals surface area contributed by atoms with E-state index in [1.807, 2.05) is 17.8 Å². The average Bonchev–Trinajstić information content (AvgIpc) is 3.02. The number of benzene rings is 1. The second-order valence-electron chi connectivity index (χ2n) is 4.71. The Morgan fingerprint density at radius 3 is 2.95 bits per heavy atom. The number of hydrogen-bond donors (Lipinski definition) is 1. The van der Waals surface area contributed by atoms with Gasteiger partial charge in [-0.1, -0.05) is 29.8 Å². The molecule has 0 fully saturated rings. The number of thiophene rings is 1. The first-order valence-corrected chi connectivity index (χ1v) is 8.67. The third-order valence-electron chi connectivity index (χ3n) is 3.37. The maximum atomic E-state index is 5.93. The summed E-state index contributed by atoms with van der Waals surface area (Å²) in [6.45, 7) is 2.10. The van der Waals surface area contributed by atoms with Crippen molar-refractivity contribution < 1.29 is 0 Å². The number of thioether (sulfide) groups is 1. The Kier molecular flexibility index (Phi) is 4.49. The Hall–Kier alpha value is -0.480. The van der Waals surface area contributed by atoms with Gasteiger partial charge in [0.05, 0.1) is 4.34 Å². The number of rotatable bonds is 5. The van der Waals surface area contributed by atoms with E-state index >= 15 is 0 Å². The molecule has 0 aliphatic carbocycles. The maximum absolute atomic E-state index is 5.93. The Labute approximate surface area is 127 Å². The molecule has 1 nitrogen and oxygen atoms in total. The molecule has 0 amide bonds. The van der Waals surface area contributed by atoms with Crippen LogP contribution in [0.15, 0.2) is 41.3 Å². The first kappa shape index (κ1) is 13.5. The summed E-state index contributed by atoms with van der Waals surface area (Å²) in [6, 6.07) is 12.9. The van der Waals surface area contributed by atoms with Crippen LogP contribution in [0.5, 0.6) is 0 Å². The van der Waals surface area contributed by atoms with Crippen LogP contribution in [0, 0.1) is 0 Å². The molecule has 2 aromatic rings. The van der Waals surface area contributed by atoms with Crippen LogP contribution in [0.3, 0.4) is 0 Å². The summed E-state index contributed by atoms with van der Waals surface area (Å²) in [5.74, 6) is 1.87. The van der Waals surface area contributed by atoms with Crippen LogP contribution >= 0.6 is 34.7 Å². The molecule has 1 aliphatic heterocycles. The average molecular weight is 310 g/mol. The summed E-state index contributed by atoms with van der Waals surface area (Å²) in [7, 11) is 0. The smallest absolute Gasteiger partial charge is 0.0931 e. The predicted octanol–water partition coefficient (Wildman–Crippen LogP) is 4.42. The van der Waals surface area contributed by atoms with Crippen molar-refractivity contribution in [3.63, 3.8) is 0 Å². The Morgan fingerprint density at radius 2 is 2.11 bits per heavy atom. The van der Waals surface area contributed by atoms with Crippen LogP contribution in [-0.2, 0) is 6.42 Å². The molecule has 0 radical (unpaired) electrons. The van der Waals surface area contributed by atoms with Gasteiger partial charge < -0.3 is 5.32 Å². The minimum Gasteiger partial charge on any atom is -0.316 e. The molecule has 1 atom stereocenters. The van der Waals surface area contributed by atoms with Crippen LogP contribution in [0.2, 0.25) is 4.34 Å². The lowest BCUT2D eigenvalue weighted by molar-refractivity contribution is 0.623. The predicted molar refractivity (Wildman–Crippen MR) is 85.8 cm³/mol. The number of nitrogens with one attached hydrogen (secondary N) is 1. The van der Waals surface area contributed by atoms with Gasteiger partial charge in [0.15, 0.2) is 0 Å². The van der Waals surface area contributed by atoms with Gasteiger partial charge in [0.2, 0.25) is 0 Å². The van der Waals surface area contributed by atoms with E-state index in [0.29, 0.717) is 5.92 Å². The Morgan fingerprint density at radius 1 is 1.21 bits per heavy atom. The lowest BCUT2D eigenvalue weighted by Crippen LogP contribution is -2.23. The van der Waals surface area contributed by atoms with Crippen molar-refractivity contribution in [1.82, 2.24) is 5.32 Å². The third-order valence-corrected chi connectivity index (χ3v) is 5.91. The largest absolute Gasteiger partial charge is 0.316 e. The van der Waals surface area contributed by atoms with E-state index in [1.165, 1.54) is 21.1 Å². The van der Waals surface area contributed by atoms with Gasteiger partial charge in [-0.2, -0.15) is 0 Å². The van der Waals surface area contributed by atoms with Gasteiger partial charge >= 0.3 is 0 Å². The van der Waals surface area contributed by atoms with E-state index in [9.17, 15) is 0 Å². The quantitative estimate of drug-likeness (QED) is 0.820. The molecular weight excluding hydrogens is 294 g/mol. The molecular formula is C15H16ClNS2. The second kappa shape index (κ2) is 6.31. The fourth-order valence-corrected chi connectivity index (χ4v) is 4.71. The van der Waals surface area contributed by atoms with E-state index in [4.69, 9.17) is 11.6 Å². The first-order valence-electron chi connectivity index (χ1n) is 6.49. The minimum atomic E-state index is 0.660. The van der Waals surface area contributed by atoms with Crippen molar-refractivity contribution >= 4 is 34.7 Å². The van der Waals surface area contributed by atoms with Crippen LogP contribution < -0.4 is 5.32 Å². The molecule has 0 saturated heterocycles. The fraction of sp³-hybridized carbons (Fsp3) is 0.333. The van der Waals surface area contributed by atoms with Gasteiger partial charge in [0, 0.05) is 28.0 Å². The maximum Gasteiger partial charge on any atom is 0.0931 e. The normalized spacial score (nSPS) is 17.6. The number of halogens is 1. The van der Waals surface area contributed by atoms with Crippen molar-refractivity contribution in [1.29, 1.82) is 0 Å². The third kappa shape index (κ3) is 3.34. The molecule has 4 heteroatoms. The van der Waals surface area contributed by atoms with Crippen molar-refractivity contribution in [2.24, 2.45) is 0 Å². The SMILES string of the molecule is Clc1ccc(CCNCC2CSc3ccccc32)s1. The summed E-state index contributed by atoms with van der Waals surface area (Å²) in [6.07, 6.45) is 1.07. The van der Waals surface area contributed by atoms with E-state index in [0.717, 1.165) is 23.8 Å². The standard InChI is InChI=1S/C15H16ClNS2/c16-15-6-5-12(19-15)7-8-17-9-11-10-18-14-4-2-1-3-13(11)14/h1-6,11,17H,7-10H2. The van der Waals surface area contributed by atoms with Gasteiger partial charge in [-0.15, -0.1) is 23.1 Å². The lowest BCUT2D eigenvalue weighted by Gasteiger charge is -2.11. The van der Waals surface area contributed by atoms with Gasteiger partial charge in [0.25, 0.3) is 0 Å². The van der Waals surface area contributed by atoms with Gasteiger partial charge in [-0.05, 0) is 36.7 Å². The van der Waals surface area contributed by atoms with E-state index in [1.54, 1.807) is 11.3 Å². The topological polar surface area (TPSA) is 12.0 Å².